The van der Waals surface area contributed by atoms with Crippen molar-refractivity contribution in [1.29, 1.82) is 0 Å². The maximum absolute atomic E-state index is 13.2. The van der Waals surface area contributed by atoms with Crippen LogP contribution in [0.15, 0.2) is 36.7 Å². The molecule has 1 saturated carbocycles. The number of nitrogens with zero attached hydrogens (tertiary/aromatic N) is 3. The van der Waals surface area contributed by atoms with Crippen LogP contribution >= 0.6 is 0 Å². The van der Waals surface area contributed by atoms with E-state index in [1.807, 2.05) is 11.0 Å². The molecule has 0 atom stereocenters. The van der Waals surface area contributed by atoms with Gasteiger partial charge in [-0.05, 0) is 38.2 Å². The van der Waals surface area contributed by atoms with Crippen LogP contribution < -0.4 is 0 Å². The fraction of sp³-hybridized carbons (Fsp3) is 0.450. The third-order valence-corrected chi connectivity index (χ3v) is 5.70. The number of aromatic nitrogens is 2. The number of carbonyl (C=O) groups excluding carboxylic acids is 1. The molecular weight excluding hydrogens is 330 g/mol. The molecule has 2 fully saturated rings. The van der Waals surface area contributed by atoms with Crippen molar-refractivity contribution in [3.05, 3.63) is 53.3 Å². The van der Waals surface area contributed by atoms with Crippen LogP contribution in [0.25, 0.3) is 0 Å². The molecule has 6 heteroatoms. The topological polar surface area (TPSA) is 75.4 Å². The van der Waals surface area contributed by atoms with Gasteiger partial charge < -0.3 is 10.0 Å². The molecule has 0 unspecified atom stereocenters. The van der Waals surface area contributed by atoms with E-state index in [9.17, 15) is 9.59 Å². The maximum atomic E-state index is 13.2. The number of benzene rings is 1. The van der Waals surface area contributed by atoms with E-state index in [4.69, 9.17) is 5.11 Å². The van der Waals surface area contributed by atoms with Gasteiger partial charge in [0.05, 0.1) is 23.2 Å². The van der Waals surface area contributed by atoms with Crippen molar-refractivity contribution >= 4 is 11.9 Å². The van der Waals surface area contributed by atoms with Crippen LogP contribution in [0.5, 0.6) is 0 Å². The number of carbonyl (C=O) groups is 2. The second-order valence-corrected chi connectivity index (χ2v) is 7.49. The highest BCUT2D eigenvalue weighted by Crippen LogP contribution is 2.50. The number of likely N-dealkylation sites (tertiary alicyclic amines) is 1. The first-order valence-electron chi connectivity index (χ1n) is 9.13. The maximum Gasteiger partial charge on any atom is 0.338 e. The molecule has 1 saturated heterocycles. The second kappa shape index (κ2) is 6.27. The molecule has 2 heterocycles. The molecule has 136 valence electrons. The average molecular weight is 353 g/mol. The van der Waals surface area contributed by atoms with Gasteiger partial charge in [-0.1, -0.05) is 29.8 Å². The van der Waals surface area contributed by atoms with Gasteiger partial charge in [-0.25, -0.2) is 4.79 Å². The van der Waals surface area contributed by atoms with E-state index < -0.39 is 5.97 Å². The van der Waals surface area contributed by atoms with E-state index in [1.54, 1.807) is 10.9 Å². The highest BCUT2D eigenvalue weighted by Gasteiger charge is 2.53. The SMILES string of the molecule is Cc1cccc(C2(C(=O)N3CCC(n4cc(C(=O)O)cn4)CC3)CC2)c1. The van der Waals surface area contributed by atoms with Gasteiger partial charge in [0, 0.05) is 19.3 Å². The molecule has 1 aromatic carbocycles. The third-order valence-electron chi connectivity index (χ3n) is 5.70. The lowest BCUT2D eigenvalue weighted by atomic mass is 9.92. The molecular formula is C20H23N3O3. The zero-order valence-electron chi connectivity index (χ0n) is 14.9. The number of piperidine rings is 1. The van der Waals surface area contributed by atoms with Crippen LogP contribution in [0.4, 0.5) is 0 Å². The monoisotopic (exact) mass is 353 g/mol. The molecule has 1 amide bonds. The first-order valence-corrected chi connectivity index (χ1v) is 9.13. The van der Waals surface area contributed by atoms with E-state index in [0.29, 0.717) is 13.1 Å². The van der Waals surface area contributed by atoms with Gasteiger partial charge in [0.25, 0.3) is 0 Å². The Morgan fingerprint density at radius 1 is 1.23 bits per heavy atom. The first-order chi connectivity index (χ1) is 12.5. The van der Waals surface area contributed by atoms with Crippen LogP contribution in [-0.2, 0) is 10.2 Å². The zero-order chi connectivity index (χ0) is 18.3. The minimum atomic E-state index is -0.960. The predicted molar refractivity (Wildman–Crippen MR) is 96.1 cm³/mol. The fourth-order valence-corrected chi connectivity index (χ4v) is 3.98. The minimum Gasteiger partial charge on any atom is -0.478 e. The molecule has 4 rings (SSSR count). The van der Waals surface area contributed by atoms with E-state index in [2.05, 4.69) is 30.2 Å². The average Bonchev–Trinajstić information content (AvgIpc) is 3.30. The van der Waals surface area contributed by atoms with Crippen LogP contribution in [0.1, 0.15) is 53.2 Å². The summed E-state index contributed by atoms with van der Waals surface area (Å²) in [7, 11) is 0. The quantitative estimate of drug-likeness (QED) is 0.917. The summed E-state index contributed by atoms with van der Waals surface area (Å²) in [4.78, 5) is 26.1. The van der Waals surface area contributed by atoms with Gasteiger partial charge in [0.2, 0.25) is 5.91 Å². The Morgan fingerprint density at radius 3 is 2.54 bits per heavy atom. The molecule has 0 bridgehead atoms. The zero-order valence-corrected chi connectivity index (χ0v) is 14.9. The van der Waals surface area contributed by atoms with Crippen LogP contribution in [-0.4, -0.2) is 44.8 Å². The number of hydrogen-bond acceptors (Lipinski definition) is 3. The lowest BCUT2D eigenvalue weighted by Crippen LogP contribution is -2.44. The van der Waals surface area contributed by atoms with Crippen LogP contribution in [0, 0.1) is 6.92 Å². The Morgan fingerprint density at radius 2 is 1.96 bits per heavy atom. The molecule has 6 nitrogen and oxygen atoms in total. The van der Waals surface area contributed by atoms with E-state index in [0.717, 1.165) is 31.2 Å². The molecule has 26 heavy (non-hydrogen) atoms. The van der Waals surface area contributed by atoms with Gasteiger partial charge in [-0.3, -0.25) is 9.48 Å². The standard InChI is InChI=1S/C20H23N3O3/c1-14-3-2-4-16(11-14)20(7-8-20)19(26)22-9-5-17(6-10-22)23-13-15(12-21-23)18(24)25/h2-4,11-13,17H,5-10H2,1H3,(H,24,25). The van der Waals surface area contributed by atoms with Crippen molar-refractivity contribution in [2.24, 2.45) is 0 Å². The Kier molecular flexibility index (Phi) is 4.05. The molecule has 1 aliphatic carbocycles. The smallest absolute Gasteiger partial charge is 0.338 e. The summed E-state index contributed by atoms with van der Waals surface area (Å²) in [6.07, 6.45) is 6.43. The second-order valence-electron chi connectivity index (χ2n) is 7.49. The lowest BCUT2D eigenvalue weighted by molar-refractivity contribution is -0.135. The summed E-state index contributed by atoms with van der Waals surface area (Å²) < 4.78 is 1.73. The number of carboxylic acid groups (broad SMARTS) is 1. The normalized spacial score (nSPS) is 19.3. The number of amides is 1. The number of carboxylic acids is 1. The highest BCUT2D eigenvalue weighted by atomic mass is 16.4. The van der Waals surface area contributed by atoms with Crippen molar-refractivity contribution in [3.63, 3.8) is 0 Å². The highest BCUT2D eigenvalue weighted by molar-refractivity contribution is 5.91. The molecule has 0 spiro atoms. The molecule has 1 aromatic heterocycles. The van der Waals surface area contributed by atoms with Crippen molar-refractivity contribution in [2.75, 3.05) is 13.1 Å². The van der Waals surface area contributed by atoms with Gasteiger partial charge in [0.1, 0.15) is 0 Å². The molecule has 2 aromatic rings. The van der Waals surface area contributed by atoms with Crippen LogP contribution in [0.2, 0.25) is 0 Å². The summed E-state index contributed by atoms with van der Waals surface area (Å²) in [5, 5.41) is 13.2. The Balaban J connectivity index is 1.43. The van der Waals surface area contributed by atoms with Crippen molar-refractivity contribution < 1.29 is 14.7 Å². The van der Waals surface area contributed by atoms with Crippen LogP contribution in [0.3, 0.4) is 0 Å². The first kappa shape index (κ1) is 16.8. The summed E-state index contributed by atoms with van der Waals surface area (Å²) in [5.41, 5.74) is 2.22. The Labute approximate surface area is 152 Å². The fourth-order valence-electron chi connectivity index (χ4n) is 3.98. The third kappa shape index (κ3) is 2.89. The molecule has 0 radical (unpaired) electrons. The summed E-state index contributed by atoms with van der Waals surface area (Å²) >= 11 is 0. The largest absolute Gasteiger partial charge is 0.478 e. The number of aryl methyl sites for hydroxylation is 1. The van der Waals surface area contributed by atoms with Gasteiger partial charge in [-0.2, -0.15) is 5.10 Å². The number of hydrogen-bond donors (Lipinski definition) is 1. The Bertz CT molecular complexity index is 845. The number of aromatic carboxylic acids is 1. The van der Waals surface area contributed by atoms with Crippen molar-refractivity contribution in [2.45, 2.75) is 44.1 Å². The molecule has 1 N–H and O–H groups in total. The minimum absolute atomic E-state index is 0.154. The molecule has 2 aliphatic rings. The Hall–Kier alpha value is -2.63. The van der Waals surface area contributed by atoms with E-state index in [1.165, 1.54) is 11.8 Å². The number of rotatable bonds is 4. The van der Waals surface area contributed by atoms with Crippen molar-refractivity contribution in [1.82, 2.24) is 14.7 Å². The predicted octanol–water partition coefficient (Wildman–Crippen LogP) is 2.79. The van der Waals surface area contributed by atoms with E-state index >= 15 is 0 Å². The molecule has 1 aliphatic heterocycles. The van der Waals surface area contributed by atoms with Gasteiger partial charge in [0.15, 0.2) is 0 Å². The van der Waals surface area contributed by atoms with E-state index in [-0.39, 0.29) is 22.9 Å². The van der Waals surface area contributed by atoms with Crippen molar-refractivity contribution in [3.8, 4) is 0 Å². The summed E-state index contributed by atoms with van der Waals surface area (Å²) in [6.45, 7) is 3.45. The lowest BCUT2D eigenvalue weighted by Gasteiger charge is -2.34. The van der Waals surface area contributed by atoms with Gasteiger partial charge >= 0.3 is 5.97 Å². The summed E-state index contributed by atoms with van der Waals surface area (Å²) in [5.74, 6) is -0.717. The van der Waals surface area contributed by atoms with Gasteiger partial charge in [-0.15, -0.1) is 0 Å². The summed E-state index contributed by atoms with van der Waals surface area (Å²) in [6, 6.07) is 8.45.